The molecule has 0 radical (unpaired) electrons. The number of nitrogens with one attached hydrogen (secondary N) is 2. The summed E-state index contributed by atoms with van der Waals surface area (Å²) in [4.78, 5) is 11.4. The largest absolute Gasteiger partial charge is 0.381 e. The van der Waals surface area contributed by atoms with E-state index in [0.29, 0.717) is 23.7 Å². The molecule has 1 aliphatic rings. The van der Waals surface area contributed by atoms with Crippen molar-refractivity contribution in [3.05, 3.63) is 29.0 Å². The number of benzene rings is 1. The summed E-state index contributed by atoms with van der Waals surface area (Å²) in [7, 11) is 0. The van der Waals surface area contributed by atoms with Crippen LogP contribution in [-0.2, 0) is 4.79 Å². The molecular formula is C12H14ClFN2O. The molecule has 17 heavy (non-hydrogen) atoms. The van der Waals surface area contributed by atoms with Crippen LogP contribution in [0.5, 0.6) is 0 Å². The highest BCUT2D eigenvalue weighted by Crippen LogP contribution is 2.24. The predicted octanol–water partition coefficient (Wildman–Crippen LogP) is 2.56. The molecule has 2 rings (SSSR count). The minimum absolute atomic E-state index is 0.0400. The van der Waals surface area contributed by atoms with Gasteiger partial charge in [-0.2, -0.15) is 0 Å². The molecule has 1 aliphatic heterocycles. The van der Waals surface area contributed by atoms with E-state index in [2.05, 4.69) is 10.6 Å². The van der Waals surface area contributed by atoms with Crippen LogP contribution in [0.15, 0.2) is 18.2 Å². The second-order valence-corrected chi connectivity index (χ2v) is 4.57. The van der Waals surface area contributed by atoms with Gasteiger partial charge in [0.25, 0.3) is 0 Å². The van der Waals surface area contributed by atoms with Crippen molar-refractivity contribution in [2.24, 2.45) is 0 Å². The molecule has 0 aromatic heterocycles. The summed E-state index contributed by atoms with van der Waals surface area (Å²) in [5, 5.41) is 6.34. The molecule has 92 valence electrons. The van der Waals surface area contributed by atoms with Crippen LogP contribution < -0.4 is 10.6 Å². The van der Waals surface area contributed by atoms with Gasteiger partial charge in [0.2, 0.25) is 5.91 Å². The van der Waals surface area contributed by atoms with E-state index in [1.54, 1.807) is 6.07 Å². The summed E-state index contributed by atoms with van der Waals surface area (Å²) >= 11 is 5.92. The first kappa shape index (κ1) is 12.2. The van der Waals surface area contributed by atoms with Crippen LogP contribution in [0.25, 0.3) is 0 Å². The highest BCUT2D eigenvalue weighted by Gasteiger charge is 2.17. The van der Waals surface area contributed by atoms with Gasteiger partial charge in [-0.15, -0.1) is 0 Å². The van der Waals surface area contributed by atoms with Crippen molar-refractivity contribution in [2.75, 3.05) is 11.9 Å². The van der Waals surface area contributed by atoms with E-state index in [-0.39, 0.29) is 17.8 Å². The molecule has 1 amide bonds. The van der Waals surface area contributed by atoms with Gasteiger partial charge < -0.3 is 10.6 Å². The molecule has 1 aromatic rings. The first-order chi connectivity index (χ1) is 8.15. The van der Waals surface area contributed by atoms with E-state index in [1.165, 1.54) is 12.1 Å². The summed E-state index contributed by atoms with van der Waals surface area (Å²) < 4.78 is 12.9. The van der Waals surface area contributed by atoms with E-state index in [9.17, 15) is 9.18 Å². The van der Waals surface area contributed by atoms with Crippen molar-refractivity contribution in [2.45, 2.75) is 25.3 Å². The van der Waals surface area contributed by atoms with Gasteiger partial charge in [-0.3, -0.25) is 4.79 Å². The second kappa shape index (κ2) is 5.36. The van der Waals surface area contributed by atoms with Gasteiger partial charge in [0, 0.05) is 19.0 Å². The van der Waals surface area contributed by atoms with Gasteiger partial charge in [0.05, 0.1) is 10.7 Å². The molecule has 1 saturated heterocycles. The number of hydrogen-bond donors (Lipinski definition) is 2. The monoisotopic (exact) mass is 256 g/mol. The Morgan fingerprint density at radius 1 is 1.47 bits per heavy atom. The molecule has 3 nitrogen and oxygen atoms in total. The van der Waals surface area contributed by atoms with Crippen molar-refractivity contribution in [1.29, 1.82) is 0 Å². The minimum atomic E-state index is -0.362. The molecule has 0 aliphatic carbocycles. The lowest BCUT2D eigenvalue weighted by molar-refractivity contribution is -0.120. The number of carbonyl (C=O) groups excluding carboxylic acids is 1. The van der Waals surface area contributed by atoms with Gasteiger partial charge in [0.1, 0.15) is 5.82 Å². The molecule has 1 atom stereocenters. The van der Waals surface area contributed by atoms with E-state index in [4.69, 9.17) is 11.6 Å². The molecule has 1 aromatic carbocycles. The van der Waals surface area contributed by atoms with Crippen molar-refractivity contribution < 1.29 is 9.18 Å². The van der Waals surface area contributed by atoms with Crippen molar-refractivity contribution >= 4 is 23.2 Å². The van der Waals surface area contributed by atoms with Crippen LogP contribution in [0.2, 0.25) is 5.02 Å². The average molecular weight is 257 g/mol. The summed E-state index contributed by atoms with van der Waals surface area (Å²) in [6.07, 6.45) is 2.25. The van der Waals surface area contributed by atoms with Gasteiger partial charge in [0.15, 0.2) is 0 Å². The molecular weight excluding hydrogens is 243 g/mol. The fourth-order valence-corrected chi connectivity index (χ4v) is 2.15. The van der Waals surface area contributed by atoms with Gasteiger partial charge in [-0.25, -0.2) is 4.39 Å². The molecule has 1 heterocycles. The Morgan fingerprint density at radius 3 is 3.06 bits per heavy atom. The number of halogens is 2. The van der Waals surface area contributed by atoms with Gasteiger partial charge >= 0.3 is 0 Å². The van der Waals surface area contributed by atoms with Crippen LogP contribution in [0, 0.1) is 5.82 Å². The lowest BCUT2D eigenvalue weighted by Gasteiger charge is -2.17. The van der Waals surface area contributed by atoms with Crippen molar-refractivity contribution in [3.8, 4) is 0 Å². The van der Waals surface area contributed by atoms with Crippen molar-refractivity contribution in [1.82, 2.24) is 5.32 Å². The van der Waals surface area contributed by atoms with E-state index in [1.807, 2.05) is 0 Å². The quantitative estimate of drug-likeness (QED) is 0.854. The highest BCUT2D eigenvalue weighted by molar-refractivity contribution is 6.33. The lowest BCUT2D eigenvalue weighted by atomic mass is 10.1. The van der Waals surface area contributed by atoms with Crippen molar-refractivity contribution in [3.63, 3.8) is 0 Å². The third kappa shape index (κ3) is 3.33. The van der Waals surface area contributed by atoms with Gasteiger partial charge in [-0.05, 0) is 31.0 Å². The average Bonchev–Trinajstić information content (AvgIpc) is 2.47. The third-order valence-electron chi connectivity index (χ3n) is 2.77. The molecule has 1 unspecified atom stereocenters. The Balaban J connectivity index is 2.06. The van der Waals surface area contributed by atoms with E-state index >= 15 is 0 Å². The molecule has 5 heteroatoms. The molecule has 0 spiro atoms. The Kier molecular flexibility index (Phi) is 3.84. The minimum Gasteiger partial charge on any atom is -0.381 e. The third-order valence-corrected chi connectivity index (χ3v) is 3.09. The van der Waals surface area contributed by atoms with Crippen LogP contribution >= 0.6 is 11.6 Å². The fourth-order valence-electron chi connectivity index (χ4n) is 1.92. The number of carbonyl (C=O) groups is 1. The molecule has 2 N–H and O–H groups in total. The maximum Gasteiger partial charge on any atom is 0.222 e. The zero-order valence-corrected chi connectivity index (χ0v) is 10.1. The Bertz CT molecular complexity index is 425. The van der Waals surface area contributed by atoms with E-state index in [0.717, 1.165) is 12.8 Å². The summed E-state index contributed by atoms with van der Waals surface area (Å²) in [6.45, 7) is 0.716. The second-order valence-electron chi connectivity index (χ2n) is 4.16. The normalized spacial score (nSPS) is 20.6. The first-order valence-electron chi connectivity index (χ1n) is 5.63. The number of rotatable bonds is 2. The zero-order chi connectivity index (χ0) is 12.3. The standard InChI is InChI=1S/C12H14ClFN2O/c13-10-6-8(14)3-4-11(10)16-9-2-1-5-15-12(17)7-9/h3-4,6,9,16H,1-2,5,7H2,(H,15,17). The van der Waals surface area contributed by atoms with Gasteiger partial charge in [-0.1, -0.05) is 11.6 Å². The summed E-state index contributed by atoms with van der Waals surface area (Å²) in [5.74, 6) is -0.322. The molecule has 0 bridgehead atoms. The first-order valence-corrected chi connectivity index (χ1v) is 6.01. The van der Waals surface area contributed by atoms with Crippen LogP contribution in [0.4, 0.5) is 10.1 Å². The molecule has 1 fully saturated rings. The summed E-state index contributed by atoms with van der Waals surface area (Å²) in [6, 6.07) is 4.27. The Hall–Kier alpha value is -1.29. The Labute approximate surface area is 104 Å². The fraction of sp³-hybridized carbons (Fsp3) is 0.417. The maximum atomic E-state index is 12.9. The number of anilines is 1. The SMILES string of the molecule is O=C1CC(Nc2ccc(F)cc2Cl)CCCN1. The lowest BCUT2D eigenvalue weighted by Crippen LogP contribution is -2.26. The smallest absolute Gasteiger partial charge is 0.222 e. The highest BCUT2D eigenvalue weighted by atomic mass is 35.5. The Morgan fingerprint density at radius 2 is 2.29 bits per heavy atom. The summed E-state index contributed by atoms with van der Waals surface area (Å²) in [5.41, 5.74) is 0.674. The topological polar surface area (TPSA) is 41.1 Å². The van der Waals surface area contributed by atoms with E-state index < -0.39 is 0 Å². The van der Waals surface area contributed by atoms with Crippen LogP contribution in [-0.4, -0.2) is 18.5 Å². The zero-order valence-electron chi connectivity index (χ0n) is 9.30. The number of amides is 1. The maximum absolute atomic E-state index is 12.9. The number of hydrogen-bond acceptors (Lipinski definition) is 2. The van der Waals surface area contributed by atoms with Crippen LogP contribution in [0.3, 0.4) is 0 Å². The predicted molar refractivity (Wildman–Crippen MR) is 65.7 cm³/mol. The van der Waals surface area contributed by atoms with Crippen LogP contribution in [0.1, 0.15) is 19.3 Å². The molecule has 0 saturated carbocycles.